The third-order valence-corrected chi connectivity index (χ3v) is 4.27. The van der Waals surface area contributed by atoms with Crippen LogP contribution in [0.3, 0.4) is 0 Å². The third kappa shape index (κ3) is 4.74. The molecule has 0 aliphatic carbocycles. The molecule has 1 aliphatic heterocycles. The number of aromatic nitrogens is 1. The van der Waals surface area contributed by atoms with E-state index < -0.39 is 0 Å². The third-order valence-electron chi connectivity index (χ3n) is 3.97. The molecule has 0 aromatic carbocycles. The normalized spacial score (nSPS) is 19.1. The van der Waals surface area contributed by atoms with Gasteiger partial charge in [-0.25, -0.2) is 4.98 Å². The number of rotatable bonds is 5. The summed E-state index contributed by atoms with van der Waals surface area (Å²) in [6.45, 7) is 3.95. The van der Waals surface area contributed by atoms with E-state index in [1.165, 1.54) is 7.11 Å². The summed E-state index contributed by atoms with van der Waals surface area (Å²) >= 11 is 6.21. The highest BCUT2D eigenvalue weighted by molar-refractivity contribution is 6.32. The summed E-state index contributed by atoms with van der Waals surface area (Å²) in [7, 11) is 3.10. The SMILES string of the molecule is CN=C(NCC(C)C(=O)OC)NC1CCN(c2ncccc2Cl)C1. The number of guanidine groups is 1. The summed E-state index contributed by atoms with van der Waals surface area (Å²) in [5.41, 5.74) is 0. The number of hydrogen-bond donors (Lipinski definition) is 2. The molecule has 0 spiro atoms. The fourth-order valence-corrected chi connectivity index (χ4v) is 2.84. The molecule has 2 unspecified atom stereocenters. The van der Waals surface area contributed by atoms with Gasteiger partial charge in [0.15, 0.2) is 5.96 Å². The topological polar surface area (TPSA) is 78.8 Å². The molecule has 0 radical (unpaired) electrons. The summed E-state index contributed by atoms with van der Waals surface area (Å²) in [6, 6.07) is 3.91. The van der Waals surface area contributed by atoms with Crippen LogP contribution in [0.1, 0.15) is 13.3 Å². The molecule has 1 fully saturated rings. The van der Waals surface area contributed by atoms with Crippen LogP contribution < -0.4 is 15.5 Å². The smallest absolute Gasteiger partial charge is 0.310 e. The number of esters is 1. The molecule has 0 saturated carbocycles. The Balaban J connectivity index is 1.85. The highest BCUT2D eigenvalue weighted by atomic mass is 35.5. The average Bonchev–Trinajstić information content (AvgIpc) is 3.06. The molecule has 1 aromatic rings. The van der Waals surface area contributed by atoms with Crippen LogP contribution in [0.4, 0.5) is 5.82 Å². The predicted molar refractivity (Wildman–Crippen MR) is 95.5 cm³/mol. The number of carbonyl (C=O) groups is 1. The van der Waals surface area contributed by atoms with Crippen molar-refractivity contribution in [3.8, 4) is 0 Å². The Labute approximate surface area is 147 Å². The van der Waals surface area contributed by atoms with Crippen molar-refractivity contribution in [1.82, 2.24) is 15.6 Å². The van der Waals surface area contributed by atoms with Crippen LogP contribution in [0.5, 0.6) is 0 Å². The Morgan fingerprint density at radius 2 is 2.42 bits per heavy atom. The molecular formula is C16H24ClN5O2. The molecule has 132 valence electrons. The van der Waals surface area contributed by atoms with Gasteiger partial charge in [0.2, 0.25) is 0 Å². The van der Waals surface area contributed by atoms with Gasteiger partial charge in [-0.05, 0) is 18.6 Å². The molecule has 1 aromatic heterocycles. The standard InChI is InChI=1S/C16H24ClN5O2/c1-11(15(23)24-3)9-20-16(18-2)21-12-6-8-22(10-12)14-13(17)5-4-7-19-14/h4-5,7,11-12H,6,8-10H2,1-3H3,(H2,18,20,21). The minimum atomic E-state index is -0.241. The predicted octanol–water partition coefficient (Wildman–Crippen LogP) is 1.29. The number of pyridine rings is 1. The number of halogens is 1. The van der Waals surface area contributed by atoms with Gasteiger partial charge in [0.25, 0.3) is 0 Å². The molecule has 0 amide bonds. The van der Waals surface area contributed by atoms with Gasteiger partial charge in [-0.1, -0.05) is 18.5 Å². The van der Waals surface area contributed by atoms with Crippen LogP contribution in [0.15, 0.2) is 23.3 Å². The number of aliphatic imine (C=N–C) groups is 1. The molecule has 2 heterocycles. The van der Waals surface area contributed by atoms with Crippen LogP contribution in [-0.4, -0.2) is 56.7 Å². The van der Waals surface area contributed by atoms with Gasteiger partial charge in [-0.2, -0.15) is 0 Å². The molecule has 8 heteroatoms. The molecule has 24 heavy (non-hydrogen) atoms. The van der Waals surface area contributed by atoms with Crippen molar-refractivity contribution in [2.24, 2.45) is 10.9 Å². The molecule has 2 atom stereocenters. The van der Waals surface area contributed by atoms with Crippen LogP contribution in [0.25, 0.3) is 0 Å². The lowest BCUT2D eigenvalue weighted by Gasteiger charge is -2.20. The number of methoxy groups -OCH3 is 1. The molecule has 7 nitrogen and oxygen atoms in total. The fourth-order valence-electron chi connectivity index (χ4n) is 2.60. The Hall–Kier alpha value is -2.02. The van der Waals surface area contributed by atoms with Crippen molar-refractivity contribution in [2.75, 3.05) is 38.7 Å². The Morgan fingerprint density at radius 3 is 3.08 bits per heavy atom. The van der Waals surface area contributed by atoms with E-state index in [2.05, 4.69) is 25.5 Å². The van der Waals surface area contributed by atoms with E-state index >= 15 is 0 Å². The lowest BCUT2D eigenvalue weighted by molar-refractivity contribution is -0.144. The van der Waals surface area contributed by atoms with Crippen molar-refractivity contribution < 1.29 is 9.53 Å². The average molecular weight is 354 g/mol. The number of nitrogens with one attached hydrogen (secondary N) is 2. The maximum absolute atomic E-state index is 11.4. The Morgan fingerprint density at radius 1 is 1.62 bits per heavy atom. The van der Waals surface area contributed by atoms with Crippen molar-refractivity contribution in [3.63, 3.8) is 0 Å². The quantitative estimate of drug-likeness (QED) is 0.472. The van der Waals surface area contributed by atoms with Gasteiger partial charge in [-0.3, -0.25) is 9.79 Å². The molecule has 2 rings (SSSR count). The van der Waals surface area contributed by atoms with E-state index in [1.807, 2.05) is 19.1 Å². The van der Waals surface area contributed by atoms with Gasteiger partial charge >= 0.3 is 5.97 Å². The van der Waals surface area contributed by atoms with Gasteiger partial charge in [-0.15, -0.1) is 0 Å². The van der Waals surface area contributed by atoms with Gasteiger partial charge in [0.1, 0.15) is 5.82 Å². The zero-order chi connectivity index (χ0) is 17.5. The van der Waals surface area contributed by atoms with Gasteiger partial charge < -0.3 is 20.3 Å². The van der Waals surface area contributed by atoms with Crippen LogP contribution in [0, 0.1) is 5.92 Å². The van der Waals surface area contributed by atoms with E-state index in [0.29, 0.717) is 17.5 Å². The summed E-state index contributed by atoms with van der Waals surface area (Å²) < 4.78 is 4.72. The monoisotopic (exact) mass is 353 g/mol. The Bertz CT molecular complexity index is 596. The lowest BCUT2D eigenvalue weighted by Crippen LogP contribution is -2.46. The minimum absolute atomic E-state index is 0.235. The first-order valence-corrected chi connectivity index (χ1v) is 8.33. The number of anilines is 1. The zero-order valence-electron chi connectivity index (χ0n) is 14.3. The van der Waals surface area contributed by atoms with Crippen molar-refractivity contribution in [3.05, 3.63) is 23.4 Å². The summed E-state index contributed by atoms with van der Waals surface area (Å²) in [4.78, 5) is 22.2. The number of hydrogen-bond acceptors (Lipinski definition) is 5. The highest BCUT2D eigenvalue weighted by Gasteiger charge is 2.25. The van der Waals surface area contributed by atoms with E-state index in [4.69, 9.17) is 16.3 Å². The molecule has 1 saturated heterocycles. The molecule has 0 bridgehead atoms. The van der Waals surface area contributed by atoms with E-state index in [1.54, 1.807) is 13.2 Å². The number of ether oxygens (including phenoxy) is 1. The van der Waals surface area contributed by atoms with Crippen LogP contribution in [-0.2, 0) is 9.53 Å². The van der Waals surface area contributed by atoms with Crippen molar-refractivity contribution >= 4 is 29.3 Å². The van der Waals surface area contributed by atoms with E-state index in [9.17, 15) is 4.79 Å². The largest absolute Gasteiger partial charge is 0.469 e. The maximum Gasteiger partial charge on any atom is 0.310 e. The minimum Gasteiger partial charge on any atom is -0.469 e. The highest BCUT2D eigenvalue weighted by Crippen LogP contribution is 2.25. The van der Waals surface area contributed by atoms with E-state index in [0.717, 1.165) is 25.3 Å². The second-order valence-corrected chi connectivity index (χ2v) is 6.17. The van der Waals surface area contributed by atoms with Gasteiger partial charge in [0.05, 0.1) is 18.1 Å². The first-order chi connectivity index (χ1) is 11.5. The second-order valence-electron chi connectivity index (χ2n) is 5.76. The second kappa shape index (κ2) is 8.73. The van der Waals surface area contributed by atoms with Crippen molar-refractivity contribution in [2.45, 2.75) is 19.4 Å². The van der Waals surface area contributed by atoms with Crippen LogP contribution in [0.2, 0.25) is 5.02 Å². The fraction of sp³-hybridized carbons (Fsp3) is 0.562. The lowest BCUT2D eigenvalue weighted by atomic mass is 10.2. The van der Waals surface area contributed by atoms with Crippen molar-refractivity contribution in [1.29, 1.82) is 0 Å². The molecule has 2 N–H and O–H groups in total. The number of nitrogens with zero attached hydrogens (tertiary/aromatic N) is 3. The van der Waals surface area contributed by atoms with Crippen LogP contribution >= 0.6 is 11.6 Å². The maximum atomic E-state index is 11.4. The van der Waals surface area contributed by atoms with Gasteiger partial charge in [0, 0.05) is 38.9 Å². The molecular weight excluding hydrogens is 330 g/mol. The molecule has 1 aliphatic rings. The summed E-state index contributed by atoms with van der Waals surface area (Å²) in [6.07, 6.45) is 2.71. The zero-order valence-corrected chi connectivity index (χ0v) is 15.0. The Kier molecular flexibility index (Phi) is 6.66. The number of carbonyl (C=O) groups excluding carboxylic acids is 1. The first-order valence-electron chi connectivity index (χ1n) is 7.95. The first kappa shape index (κ1) is 18.3. The van der Waals surface area contributed by atoms with E-state index in [-0.39, 0.29) is 17.9 Å². The summed E-state index contributed by atoms with van der Waals surface area (Å²) in [5.74, 6) is 1.01. The summed E-state index contributed by atoms with van der Waals surface area (Å²) in [5, 5.41) is 7.19.